The van der Waals surface area contributed by atoms with E-state index < -0.39 is 6.10 Å². The van der Waals surface area contributed by atoms with Crippen LogP contribution in [0.2, 0.25) is 0 Å². The fraction of sp³-hybridized carbons (Fsp3) is 0.529. The maximum absolute atomic E-state index is 12.9. The number of aliphatic hydroxyl groups is 1. The molecule has 0 spiro atoms. The average Bonchev–Trinajstić information content (AvgIpc) is 3.42. The number of phenolic OH excluding ortho intramolecular Hbond substituents is 1. The van der Waals surface area contributed by atoms with E-state index in [2.05, 4.69) is 35.7 Å². The van der Waals surface area contributed by atoms with Crippen LogP contribution < -0.4 is 15.8 Å². The Morgan fingerprint density at radius 3 is 2.56 bits per heavy atom. The Kier molecular flexibility index (Phi) is 13.7. The van der Waals surface area contributed by atoms with E-state index in [-0.39, 0.29) is 36.4 Å². The molecule has 0 radical (unpaired) electrons. The minimum absolute atomic E-state index is 0.0371. The van der Waals surface area contributed by atoms with Crippen molar-refractivity contribution in [2.24, 2.45) is 17.6 Å². The zero-order valence-electron chi connectivity index (χ0n) is 25.9. The second-order valence-electron chi connectivity index (χ2n) is 11.5. The smallest absolute Gasteiger partial charge is 0.302 e. The molecule has 0 saturated heterocycles. The first-order valence-electron chi connectivity index (χ1n) is 15.4. The molecule has 1 aliphatic heterocycles. The molecule has 2 heterocycles. The number of methoxy groups -OCH3 is 1. The van der Waals surface area contributed by atoms with Gasteiger partial charge < -0.3 is 35.7 Å². The van der Waals surface area contributed by atoms with Gasteiger partial charge in [0.05, 0.1) is 12.9 Å². The summed E-state index contributed by atoms with van der Waals surface area (Å²) in [6.45, 7) is 4.43. The quantitative estimate of drug-likeness (QED) is 0.145. The fourth-order valence-electron chi connectivity index (χ4n) is 5.80. The Hall–Kier alpha value is -3.72. The van der Waals surface area contributed by atoms with Crippen LogP contribution in [-0.4, -0.2) is 53.3 Å². The summed E-state index contributed by atoms with van der Waals surface area (Å²) >= 11 is 0. The third-order valence-electron chi connectivity index (χ3n) is 8.25. The highest BCUT2D eigenvalue weighted by atomic mass is 16.5. The summed E-state index contributed by atoms with van der Waals surface area (Å²) in [5.41, 5.74) is 10.7. The van der Waals surface area contributed by atoms with Crippen molar-refractivity contribution in [3.63, 3.8) is 0 Å². The number of dihydropyridines is 1. The molecule has 3 unspecified atom stereocenters. The van der Waals surface area contributed by atoms with Gasteiger partial charge in [0.1, 0.15) is 11.9 Å². The Bertz CT molecular complexity index is 1250. The normalized spacial score (nSPS) is 15.1. The standard InChI is InChI=1S/C34H49N3O6/c1-4-24(16-28-21-36-22-29(28)18-26(6-5-15-38)27-13-14-37-34(35)19-27)8-11-31(43-23(2)39)20-30(40)10-7-25-9-12-32(41)33(17-25)42-3/h9,12-13,17,19,21-22,24,26,31,36-38,41H,4-8,10-11,14-16,18,20,35H2,1-3H3. The zero-order chi connectivity index (χ0) is 31.2. The van der Waals surface area contributed by atoms with Crippen LogP contribution in [0.4, 0.5) is 0 Å². The van der Waals surface area contributed by atoms with Gasteiger partial charge in [-0.15, -0.1) is 0 Å². The highest BCUT2D eigenvalue weighted by Gasteiger charge is 2.22. The lowest BCUT2D eigenvalue weighted by molar-refractivity contribution is -0.148. The maximum atomic E-state index is 12.9. The van der Waals surface area contributed by atoms with Gasteiger partial charge in [-0.25, -0.2) is 0 Å². The van der Waals surface area contributed by atoms with Gasteiger partial charge in [0.15, 0.2) is 11.5 Å². The molecular weight excluding hydrogens is 546 g/mol. The van der Waals surface area contributed by atoms with Gasteiger partial charge in [0.2, 0.25) is 0 Å². The predicted molar refractivity (Wildman–Crippen MR) is 168 cm³/mol. The number of ketones is 1. The van der Waals surface area contributed by atoms with Crippen molar-refractivity contribution in [1.82, 2.24) is 10.3 Å². The molecule has 0 amide bonds. The topological polar surface area (TPSA) is 147 Å². The number of carbonyl (C=O) groups excluding carboxylic acids is 2. The number of rotatable bonds is 19. The van der Waals surface area contributed by atoms with Crippen LogP contribution in [0.25, 0.3) is 0 Å². The van der Waals surface area contributed by atoms with Crippen molar-refractivity contribution in [3.05, 3.63) is 70.8 Å². The molecule has 0 aliphatic carbocycles. The third-order valence-corrected chi connectivity index (χ3v) is 8.25. The van der Waals surface area contributed by atoms with E-state index in [0.717, 1.165) is 44.1 Å². The SMILES string of the molecule is CCC(CCC(CC(=O)CCc1ccc(O)c(OC)c1)OC(C)=O)Cc1c[nH]cc1CC(CCCO)C1=CCNC(N)=C1. The van der Waals surface area contributed by atoms with E-state index in [0.29, 0.717) is 43.3 Å². The molecule has 1 aromatic heterocycles. The maximum Gasteiger partial charge on any atom is 0.302 e. The molecule has 236 valence electrons. The van der Waals surface area contributed by atoms with Crippen molar-refractivity contribution in [2.75, 3.05) is 20.3 Å². The number of allylic oxidation sites excluding steroid dienone is 2. The number of nitrogens with one attached hydrogen (secondary N) is 2. The first-order valence-corrected chi connectivity index (χ1v) is 15.4. The van der Waals surface area contributed by atoms with E-state index >= 15 is 0 Å². The van der Waals surface area contributed by atoms with Crippen molar-refractivity contribution in [2.45, 2.75) is 84.2 Å². The number of hydrogen-bond donors (Lipinski definition) is 5. The van der Waals surface area contributed by atoms with Gasteiger partial charge >= 0.3 is 5.97 Å². The predicted octanol–water partition coefficient (Wildman–Crippen LogP) is 4.86. The molecule has 1 aliphatic rings. The van der Waals surface area contributed by atoms with E-state index in [1.54, 1.807) is 18.2 Å². The van der Waals surface area contributed by atoms with Crippen LogP contribution in [0.1, 0.15) is 75.5 Å². The third kappa shape index (κ3) is 11.1. The lowest BCUT2D eigenvalue weighted by Crippen LogP contribution is -2.25. The lowest BCUT2D eigenvalue weighted by atomic mass is 9.84. The molecule has 0 fully saturated rings. The molecule has 6 N–H and O–H groups in total. The number of benzene rings is 1. The number of nitrogens with two attached hydrogens (primary N) is 1. The Balaban J connectivity index is 1.58. The summed E-state index contributed by atoms with van der Waals surface area (Å²) in [6.07, 6.45) is 14.7. The van der Waals surface area contributed by atoms with Crippen LogP contribution >= 0.6 is 0 Å². The van der Waals surface area contributed by atoms with Gasteiger partial charge in [0.25, 0.3) is 0 Å². The molecule has 3 atom stereocenters. The van der Waals surface area contributed by atoms with E-state index in [4.69, 9.17) is 15.2 Å². The number of aromatic amines is 1. The van der Waals surface area contributed by atoms with Gasteiger partial charge in [0, 0.05) is 45.3 Å². The number of esters is 1. The summed E-state index contributed by atoms with van der Waals surface area (Å²) in [5, 5.41) is 22.4. The van der Waals surface area contributed by atoms with Crippen LogP contribution in [0.5, 0.6) is 11.5 Å². The number of ether oxygens (including phenoxy) is 2. The average molecular weight is 596 g/mol. The number of aryl methyl sites for hydroxylation is 1. The second kappa shape index (κ2) is 17.4. The van der Waals surface area contributed by atoms with E-state index in [1.165, 1.54) is 30.7 Å². The van der Waals surface area contributed by atoms with Crippen LogP contribution in [0.15, 0.2) is 54.1 Å². The van der Waals surface area contributed by atoms with Crippen molar-refractivity contribution in [1.29, 1.82) is 0 Å². The number of carbonyl (C=O) groups is 2. The minimum Gasteiger partial charge on any atom is -0.504 e. The summed E-state index contributed by atoms with van der Waals surface area (Å²) in [4.78, 5) is 28.0. The van der Waals surface area contributed by atoms with Crippen molar-refractivity contribution < 1.29 is 29.3 Å². The minimum atomic E-state index is -0.453. The van der Waals surface area contributed by atoms with Gasteiger partial charge in [-0.05, 0) is 97.3 Å². The molecule has 0 saturated carbocycles. The number of aliphatic hydroxyl groups excluding tert-OH is 1. The molecule has 2 aromatic rings. The summed E-state index contributed by atoms with van der Waals surface area (Å²) < 4.78 is 10.7. The van der Waals surface area contributed by atoms with Gasteiger partial charge in [-0.1, -0.05) is 25.5 Å². The van der Waals surface area contributed by atoms with E-state index in [9.17, 15) is 19.8 Å². The summed E-state index contributed by atoms with van der Waals surface area (Å²) in [7, 11) is 1.49. The Morgan fingerprint density at radius 1 is 1.12 bits per heavy atom. The Labute approximate surface area is 255 Å². The first kappa shape index (κ1) is 33.8. The molecule has 43 heavy (non-hydrogen) atoms. The fourth-order valence-corrected chi connectivity index (χ4v) is 5.80. The van der Waals surface area contributed by atoms with Gasteiger partial charge in [-0.2, -0.15) is 0 Å². The van der Waals surface area contributed by atoms with Gasteiger partial charge in [-0.3, -0.25) is 9.59 Å². The highest BCUT2D eigenvalue weighted by Crippen LogP contribution is 2.30. The largest absolute Gasteiger partial charge is 0.504 e. The first-order chi connectivity index (χ1) is 20.7. The zero-order valence-corrected chi connectivity index (χ0v) is 25.9. The monoisotopic (exact) mass is 595 g/mol. The second-order valence-corrected chi connectivity index (χ2v) is 11.5. The number of Topliss-reactive ketones (excluding diaryl/α,β-unsaturated/α-hetero) is 1. The van der Waals surface area contributed by atoms with E-state index in [1.807, 2.05) is 6.08 Å². The number of hydrogen-bond acceptors (Lipinski definition) is 8. The molecular formula is C34H49N3O6. The van der Waals surface area contributed by atoms with Crippen LogP contribution in [0.3, 0.4) is 0 Å². The Morgan fingerprint density at radius 2 is 1.88 bits per heavy atom. The van der Waals surface area contributed by atoms with Crippen LogP contribution in [-0.2, 0) is 33.6 Å². The van der Waals surface area contributed by atoms with Crippen molar-refractivity contribution >= 4 is 11.8 Å². The molecule has 0 bridgehead atoms. The summed E-state index contributed by atoms with van der Waals surface area (Å²) in [6, 6.07) is 5.08. The van der Waals surface area contributed by atoms with Crippen molar-refractivity contribution in [3.8, 4) is 11.5 Å². The molecule has 9 nitrogen and oxygen atoms in total. The molecule has 1 aromatic carbocycles. The van der Waals surface area contributed by atoms with Crippen LogP contribution in [0, 0.1) is 11.8 Å². The number of phenols is 1. The molecule has 3 rings (SSSR count). The number of H-pyrrole nitrogens is 1. The number of aromatic nitrogens is 1. The molecule has 9 heteroatoms. The lowest BCUT2D eigenvalue weighted by Gasteiger charge is -2.23. The highest BCUT2D eigenvalue weighted by molar-refractivity contribution is 5.79. The summed E-state index contributed by atoms with van der Waals surface area (Å²) in [5.74, 6) is 1.42. The number of aromatic hydroxyl groups is 1.